The molecule has 1 fully saturated rings. The summed E-state index contributed by atoms with van der Waals surface area (Å²) in [5.41, 5.74) is 1.32. The van der Waals surface area contributed by atoms with Gasteiger partial charge in [0.25, 0.3) is 0 Å². The maximum absolute atomic E-state index is 9.13. The first-order valence-corrected chi connectivity index (χ1v) is 6.11. The highest BCUT2D eigenvalue weighted by Crippen LogP contribution is 2.28. The third-order valence-corrected chi connectivity index (χ3v) is 3.22. The van der Waals surface area contributed by atoms with Crippen molar-refractivity contribution in [1.29, 1.82) is 5.26 Å². The number of nitrogens with zero attached hydrogens (tertiary/aromatic N) is 1. The number of ether oxygens (including phenoxy) is 2. The smallest absolute Gasteiger partial charge is 0.121 e. The van der Waals surface area contributed by atoms with E-state index in [0.717, 1.165) is 30.9 Å². The summed E-state index contributed by atoms with van der Waals surface area (Å²) < 4.78 is 10.7. The molecule has 1 aromatic rings. The topological polar surface area (TPSA) is 54.3 Å². The van der Waals surface area contributed by atoms with Crippen LogP contribution in [0.4, 0.5) is 5.69 Å². The van der Waals surface area contributed by atoms with Crippen LogP contribution in [0.15, 0.2) is 18.2 Å². The van der Waals surface area contributed by atoms with E-state index in [0.29, 0.717) is 12.2 Å². The van der Waals surface area contributed by atoms with Crippen LogP contribution in [0.25, 0.3) is 0 Å². The molecule has 1 atom stereocenters. The summed E-state index contributed by atoms with van der Waals surface area (Å²) in [4.78, 5) is 0. The van der Waals surface area contributed by atoms with Crippen molar-refractivity contribution in [3.63, 3.8) is 0 Å². The maximum Gasteiger partial charge on any atom is 0.121 e. The van der Waals surface area contributed by atoms with Gasteiger partial charge in [-0.3, -0.25) is 0 Å². The Hall–Kier alpha value is -1.73. The zero-order valence-electron chi connectivity index (χ0n) is 10.8. The van der Waals surface area contributed by atoms with Crippen molar-refractivity contribution < 1.29 is 9.47 Å². The van der Waals surface area contributed by atoms with Crippen LogP contribution in [0.2, 0.25) is 0 Å². The number of hydrogen-bond donors (Lipinski definition) is 1. The summed E-state index contributed by atoms with van der Waals surface area (Å²) in [5, 5.41) is 12.6. The van der Waals surface area contributed by atoms with Gasteiger partial charge in [-0.25, -0.2) is 0 Å². The van der Waals surface area contributed by atoms with E-state index in [1.807, 2.05) is 6.07 Å². The Balaban J connectivity index is 2.24. The fraction of sp³-hybridized carbons (Fsp3) is 0.500. The summed E-state index contributed by atoms with van der Waals surface area (Å²) in [7, 11) is 1.62. The van der Waals surface area contributed by atoms with E-state index in [1.165, 1.54) is 0 Å². The largest absolute Gasteiger partial charge is 0.497 e. The minimum atomic E-state index is -0.115. The average Bonchev–Trinajstić information content (AvgIpc) is 2.39. The van der Waals surface area contributed by atoms with Crippen molar-refractivity contribution in [2.75, 3.05) is 25.6 Å². The minimum Gasteiger partial charge on any atom is -0.497 e. The third kappa shape index (κ3) is 2.74. The molecule has 4 nitrogen and oxygen atoms in total. The Labute approximate surface area is 108 Å². The highest BCUT2D eigenvalue weighted by Gasteiger charge is 2.28. The molecule has 2 rings (SSSR count). The number of nitriles is 1. The highest BCUT2D eigenvalue weighted by molar-refractivity contribution is 5.61. The zero-order valence-corrected chi connectivity index (χ0v) is 10.8. The summed E-state index contributed by atoms with van der Waals surface area (Å²) in [5.74, 6) is 0.747. The molecule has 1 aliphatic heterocycles. The van der Waals surface area contributed by atoms with E-state index in [1.54, 1.807) is 19.2 Å². The lowest BCUT2D eigenvalue weighted by molar-refractivity contribution is 0.0540. The molecule has 1 unspecified atom stereocenters. The predicted octanol–water partition coefficient (Wildman–Crippen LogP) is 2.55. The van der Waals surface area contributed by atoms with Crippen molar-refractivity contribution in [3.05, 3.63) is 23.8 Å². The molecule has 0 amide bonds. The standard InChI is InChI=1S/C14H18N2O2/c1-14(6-3-7-18-10-14)16-13-8-12(17-2)5-4-11(13)9-15/h4-5,8,16H,3,6-7,10H2,1-2H3. The fourth-order valence-electron chi connectivity index (χ4n) is 2.21. The molecule has 1 saturated heterocycles. The number of nitrogens with one attached hydrogen (secondary N) is 1. The Morgan fingerprint density at radius 1 is 1.50 bits per heavy atom. The monoisotopic (exact) mass is 246 g/mol. The van der Waals surface area contributed by atoms with Gasteiger partial charge in [-0.1, -0.05) is 0 Å². The number of anilines is 1. The fourth-order valence-corrected chi connectivity index (χ4v) is 2.21. The van der Waals surface area contributed by atoms with Crippen molar-refractivity contribution in [1.82, 2.24) is 0 Å². The van der Waals surface area contributed by atoms with Crippen LogP contribution in [0.5, 0.6) is 5.75 Å². The van der Waals surface area contributed by atoms with E-state index >= 15 is 0 Å². The quantitative estimate of drug-likeness (QED) is 0.890. The van der Waals surface area contributed by atoms with Gasteiger partial charge >= 0.3 is 0 Å². The molecular weight excluding hydrogens is 228 g/mol. The molecule has 0 saturated carbocycles. The molecule has 0 aliphatic carbocycles. The summed E-state index contributed by atoms with van der Waals surface area (Å²) in [6, 6.07) is 7.62. The summed E-state index contributed by atoms with van der Waals surface area (Å²) in [6.45, 7) is 3.60. The van der Waals surface area contributed by atoms with Crippen molar-refractivity contribution in [2.45, 2.75) is 25.3 Å². The molecule has 0 bridgehead atoms. The van der Waals surface area contributed by atoms with Crippen LogP contribution >= 0.6 is 0 Å². The van der Waals surface area contributed by atoms with Crippen molar-refractivity contribution >= 4 is 5.69 Å². The van der Waals surface area contributed by atoms with Gasteiger partial charge < -0.3 is 14.8 Å². The molecule has 4 heteroatoms. The van der Waals surface area contributed by atoms with Gasteiger partial charge in [0.05, 0.1) is 30.5 Å². The van der Waals surface area contributed by atoms with Crippen molar-refractivity contribution in [2.24, 2.45) is 0 Å². The summed E-state index contributed by atoms with van der Waals surface area (Å²) >= 11 is 0. The second-order valence-corrected chi connectivity index (χ2v) is 4.87. The van der Waals surface area contributed by atoms with Crippen LogP contribution in [-0.2, 0) is 4.74 Å². The zero-order chi connectivity index (χ0) is 13.0. The molecule has 0 aromatic heterocycles. The average molecular weight is 246 g/mol. The maximum atomic E-state index is 9.13. The van der Waals surface area contributed by atoms with E-state index in [-0.39, 0.29) is 5.54 Å². The lowest BCUT2D eigenvalue weighted by atomic mass is 9.94. The molecule has 1 aromatic carbocycles. The molecule has 0 spiro atoms. The van der Waals surface area contributed by atoms with Gasteiger partial charge in [-0.05, 0) is 31.9 Å². The van der Waals surface area contributed by atoms with Gasteiger partial charge in [0, 0.05) is 12.7 Å². The van der Waals surface area contributed by atoms with Gasteiger partial charge in [-0.2, -0.15) is 5.26 Å². The molecule has 1 N–H and O–H groups in total. The highest BCUT2D eigenvalue weighted by atomic mass is 16.5. The van der Waals surface area contributed by atoms with Gasteiger partial charge in [-0.15, -0.1) is 0 Å². The van der Waals surface area contributed by atoms with Gasteiger partial charge in [0.2, 0.25) is 0 Å². The van der Waals surface area contributed by atoms with E-state index in [9.17, 15) is 0 Å². The molecule has 18 heavy (non-hydrogen) atoms. The van der Waals surface area contributed by atoms with Crippen LogP contribution in [0, 0.1) is 11.3 Å². The molecule has 0 radical (unpaired) electrons. The Bertz CT molecular complexity index is 459. The van der Waals surface area contributed by atoms with Crippen molar-refractivity contribution in [3.8, 4) is 11.8 Å². The minimum absolute atomic E-state index is 0.115. The number of hydrogen-bond acceptors (Lipinski definition) is 4. The molecule has 1 aliphatic rings. The van der Waals surface area contributed by atoms with Crippen LogP contribution in [0.3, 0.4) is 0 Å². The second-order valence-electron chi connectivity index (χ2n) is 4.87. The number of rotatable bonds is 3. The lowest BCUT2D eigenvalue weighted by Crippen LogP contribution is -2.43. The number of methoxy groups -OCH3 is 1. The molecule has 1 heterocycles. The Morgan fingerprint density at radius 2 is 2.33 bits per heavy atom. The van der Waals surface area contributed by atoms with Gasteiger partial charge in [0.1, 0.15) is 11.8 Å². The first-order valence-electron chi connectivity index (χ1n) is 6.11. The Morgan fingerprint density at radius 3 is 2.94 bits per heavy atom. The predicted molar refractivity (Wildman–Crippen MR) is 69.8 cm³/mol. The van der Waals surface area contributed by atoms with Gasteiger partial charge in [0.15, 0.2) is 0 Å². The van der Waals surface area contributed by atoms with E-state index in [4.69, 9.17) is 14.7 Å². The van der Waals surface area contributed by atoms with Crippen LogP contribution in [-0.4, -0.2) is 25.9 Å². The first kappa shape index (κ1) is 12.7. The third-order valence-electron chi connectivity index (χ3n) is 3.22. The van der Waals surface area contributed by atoms with E-state index < -0.39 is 0 Å². The van der Waals surface area contributed by atoms with E-state index in [2.05, 4.69) is 18.3 Å². The number of benzene rings is 1. The normalized spacial score (nSPS) is 23.2. The summed E-state index contributed by atoms with van der Waals surface area (Å²) in [6.07, 6.45) is 2.07. The second kappa shape index (κ2) is 5.28. The van der Waals surface area contributed by atoms with Crippen LogP contribution < -0.4 is 10.1 Å². The molecule has 96 valence electrons. The van der Waals surface area contributed by atoms with Crippen LogP contribution in [0.1, 0.15) is 25.3 Å². The SMILES string of the molecule is COc1ccc(C#N)c(NC2(C)CCCOC2)c1. The molecular formula is C14H18N2O2. The lowest BCUT2D eigenvalue weighted by Gasteiger charge is -2.35. The Kier molecular flexibility index (Phi) is 3.73. The first-order chi connectivity index (χ1) is 8.67.